The van der Waals surface area contributed by atoms with Crippen LogP contribution in [0, 0.1) is 0 Å². The van der Waals surface area contributed by atoms with Crippen LogP contribution in [0.25, 0.3) is 6.08 Å². The summed E-state index contributed by atoms with van der Waals surface area (Å²) >= 11 is 0. The van der Waals surface area contributed by atoms with Gasteiger partial charge in [0.05, 0.1) is 12.7 Å². The van der Waals surface area contributed by atoms with Crippen LogP contribution < -0.4 is 15.4 Å². The van der Waals surface area contributed by atoms with Crippen LogP contribution in [0.4, 0.5) is 0 Å². The first-order valence-corrected chi connectivity index (χ1v) is 8.26. The van der Waals surface area contributed by atoms with Crippen molar-refractivity contribution in [3.63, 3.8) is 0 Å². The summed E-state index contributed by atoms with van der Waals surface area (Å²) in [5.41, 5.74) is 1.22. The lowest BCUT2D eigenvalue weighted by Crippen LogP contribution is -2.35. The first kappa shape index (κ1) is 19.2. The highest BCUT2D eigenvalue weighted by molar-refractivity contribution is 6.06. The summed E-state index contributed by atoms with van der Waals surface area (Å²) < 4.78 is 5.20. The molecule has 0 atom stereocenters. The molecule has 0 unspecified atom stereocenters. The Bertz CT molecular complexity index is 772. The van der Waals surface area contributed by atoms with Crippen LogP contribution in [0.15, 0.2) is 60.3 Å². The third-order valence-electron chi connectivity index (χ3n) is 3.58. The first-order chi connectivity index (χ1) is 12.7. The van der Waals surface area contributed by atoms with Crippen molar-refractivity contribution in [2.24, 2.45) is 0 Å². The van der Waals surface area contributed by atoms with Crippen LogP contribution >= 0.6 is 0 Å². The summed E-state index contributed by atoms with van der Waals surface area (Å²) in [4.78, 5) is 25.0. The first-order valence-electron chi connectivity index (χ1n) is 8.26. The molecule has 3 N–H and O–H groups in total. The number of para-hydroxylation sites is 1. The van der Waals surface area contributed by atoms with Gasteiger partial charge in [0.2, 0.25) is 0 Å². The fourth-order valence-corrected chi connectivity index (χ4v) is 2.27. The number of benzene rings is 2. The number of rotatable bonds is 8. The lowest BCUT2D eigenvalue weighted by Gasteiger charge is -2.12. The Morgan fingerprint density at radius 1 is 1.08 bits per heavy atom. The summed E-state index contributed by atoms with van der Waals surface area (Å²) in [6.07, 6.45) is 2.03. The lowest BCUT2D eigenvalue weighted by atomic mass is 10.1. The predicted molar refractivity (Wildman–Crippen MR) is 99.6 cm³/mol. The minimum atomic E-state index is -0.443. The van der Waals surface area contributed by atoms with E-state index in [9.17, 15) is 9.59 Å². The van der Waals surface area contributed by atoms with Crippen LogP contribution in [-0.4, -0.2) is 37.2 Å². The Kier molecular flexibility index (Phi) is 7.39. The van der Waals surface area contributed by atoms with Gasteiger partial charge in [-0.1, -0.05) is 42.5 Å². The molecule has 26 heavy (non-hydrogen) atoms. The summed E-state index contributed by atoms with van der Waals surface area (Å²) in [6, 6.07) is 16.0. The van der Waals surface area contributed by atoms with E-state index in [0.717, 1.165) is 5.56 Å². The predicted octanol–water partition coefficient (Wildman–Crippen LogP) is 1.96. The number of aliphatic hydroxyl groups excluding tert-OH is 1. The van der Waals surface area contributed by atoms with Gasteiger partial charge in [-0.05, 0) is 30.2 Å². The molecule has 0 aromatic heterocycles. The van der Waals surface area contributed by atoms with E-state index >= 15 is 0 Å². The zero-order valence-corrected chi connectivity index (χ0v) is 14.6. The number of aliphatic hydroxyl groups is 1. The highest BCUT2D eigenvalue weighted by Gasteiger charge is 2.17. The SMILES string of the molecule is COc1ccccc1C(=O)N/C(=C/c1ccccc1)C(=O)NCCCO. The van der Waals surface area contributed by atoms with Crippen molar-refractivity contribution in [2.75, 3.05) is 20.3 Å². The van der Waals surface area contributed by atoms with Gasteiger partial charge in [0.1, 0.15) is 11.4 Å². The summed E-state index contributed by atoms with van der Waals surface area (Å²) in [7, 11) is 1.48. The second kappa shape index (κ2) is 10.0. The Hall–Kier alpha value is -3.12. The number of carbonyl (C=O) groups excluding carboxylic acids is 2. The van der Waals surface area contributed by atoms with Crippen molar-refractivity contribution in [1.29, 1.82) is 0 Å². The zero-order valence-electron chi connectivity index (χ0n) is 14.6. The molecule has 6 heteroatoms. The highest BCUT2D eigenvalue weighted by atomic mass is 16.5. The summed E-state index contributed by atoms with van der Waals surface area (Å²) in [6.45, 7) is 0.289. The van der Waals surface area contributed by atoms with E-state index < -0.39 is 11.8 Å². The molecule has 0 bridgehead atoms. The molecule has 0 saturated heterocycles. The van der Waals surface area contributed by atoms with Gasteiger partial charge in [-0.25, -0.2) is 0 Å². The molecule has 0 heterocycles. The van der Waals surface area contributed by atoms with Gasteiger partial charge in [-0.3, -0.25) is 9.59 Å². The van der Waals surface area contributed by atoms with E-state index in [2.05, 4.69) is 10.6 Å². The smallest absolute Gasteiger partial charge is 0.267 e. The summed E-state index contributed by atoms with van der Waals surface area (Å²) in [5, 5.41) is 14.2. The third-order valence-corrected chi connectivity index (χ3v) is 3.58. The van der Waals surface area contributed by atoms with Crippen LogP contribution in [-0.2, 0) is 4.79 Å². The van der Waals surface area contributed by atoms with Crippen molar-refractivity contribution < 1.29 is 19.4 Å². The molecule has 2 aromatic rings. The molecule has 0 radical (unpaired) electrons. The average molecular weight is 354 g/mol. The van der Waals surface area contributed by atoms with Crippen molar-refractivity contribution in [2.45, 2.75) is 6.42 Å². The van der Waals surface area contributed by atoms with Crippen LogP contribution in [0.1, 0.15) is 22.3 Å². The van der Waals surface area contributed by atoms with Gasteiger partial charge in [0.25, 0.3) is 11.8 Å². The van der Waals surface area contributed by atoms with Crippen LogP contribution in [0.3, 0.4) is 0 Å². The average Bonchev–Trinajstić information content (AvgIpc) is 2.68. The Labute approximate surface area is 152 Å². The Balaban J connectivity index is 2.24. The second-order valence-electron chi connectivity index (χ2n) is 5.46. The van der Waals surface area contributed by atoms with E-state index in [-0.39, 0.29) is 12.3 Å². The Morgan fingerprint density at radius 3 is 2.46 bits per heavy atom. The van der Waals surface area contributed by atoms with Crippen LogP contribution in [0.2, 0.25) is 0 Å². The maximum absolute atomic E-state index is 12.6. The largest absolute Gasteiger partial charge is 0.496 e. The third kappa shape index (κ3) is 5.46. The van der Waals surface area contributed by atoms with E-state index in [1.807, 2.05) is 30.3 Å². The van der Waals surface area contributed by atoms with Gasteiger partial charge in [-0.2, -0.15) is 0 Å². The van der Waals surface area contributed by atoms with E-state index in [1.165, 1.54) is 7.11 Å². The number of hydrogen-bond donors (Lipinski definition) is 3. The molecule has 0 fully saturated rings. The van der Waals surface area contributed by atoms with Crippen molar-refractivity contribution in [1.82, 2.24) is 10.6 Å². The second-order valence-corrected chi connectivity index (χ2v) is 5.46. The van der Waals surface area contributed by atoms with Crippen LogP contribution in [0.5, 0.6) is 5.75 Å². The molecule has 136 valence electrons. The molecular weight excluding hydrogens is 332 g/mol. The minimum absolute atomic E-state index is 0.0222. The topological polar surface area (TPSA) is 87.7 Å². The number of nitrogens with one attached hydrogen (secondary N) is 2. The molecule has 2 aromatic carbocycles. The molecule has 6 nitrogen and oxygen atoms in total. The number of amides is 2. The monoisotopic (exact) mass is 354 g/mol. The van der Waals surface area contributed by atoms with E-state index in [4.69, 9.17) is 9.84 Å². The van der Waals surface area contributed by atoms with Crippen molar-refractivity contribution in [3.05, 3.63) is 71.4 Å². The quantitative estimate of drug-likeness (QED) is 0.500. The zero-order chi connectivity index (χ0) is 18.8. The molecule has 0 aliphatic heterocycles. The maximum Gasteiger partial charge on any atom is 0.267 e. The number of carbonyl (C=O) groups is 2. The number of methoxy groups -OCH3 is 1. The van der Waals surface area contributed by atoms with Gasteiger partial charge in [-0.15, -0.1) is 0 Å². The van der Waals surface area contributed by atoms with Gasteiger partial charge < -0.3 is 20.5 Å². The lowest BCUT2D eigenvalue weighted by molar-refractivity contribution is -0.117. The molecule has 0 spiro atoms. The molecule has 0 aliphatic carbocycles. The number of ether oxygens (including phenoxy) is 1. The standard InChI is InChI=1S/C20H22N2O4/c1-26-18-11-6-5-10-16(18)19(24)22-17(20(25)21-12-7-13-23)14-15-8-3-2-4-9-15/h2-6,8-11,14,23H,7,12-13H2,1H3,(H,21,25)(H,22,24)/b17-14+. The minimum Gasteiger partial charge on any atom is -0.496 e. The fraction of sp³-hybridized carbons (Fsp3) is 0.200. The normalized spacial score (nSPS) is 10.9. The van der Waals surface area contributed by atoms with Gasteiger partial charge >= 0.3 is 0 Å². The van der Waals surface area contributed by atoms with Crippen molar-refractivity contribution in [3.8, 4) is 5.75 Å². The Morgan fingerprint density at radius 2 is 1.77 bits per heavy atom. The molecule has 0 saturated carbocycles. The molecule has 0 aliphatic rings. The number of hydrogen-bond acceptors (Lipinski definition) is 4. The highest BCUT2D eigenvalue weighted by Crippen LogP contribution is 2.17. The fourth-order valence-electron chi connectivity index (χ4n) is 2.27. The molecule has 2 rings (SSSR count). The van der Waals surface area contributed by atoms with E-state index in [0.29, 0.717) is 24.3 Å². The molecular formula is C20H22N2O4. The summed E-state index contributed by atoms with van der Waals surface area (Å²) in [5.74, 6) is -0.447. The maximum atomic E-state index is 12.6. The van der Waals surface area contributed by atoms with Crippen molar-refractivity contribution >= 4 is 17.9 Å². The molecule has 2 amide bonds. The van der Waals surface area contributed by atoms with E-state index in [1.54, 1.807) is 30.3 Å². The van der Waals surface area contributed by atoms with Gasteiger partial charge in [0, 0.05) is 13.2 Å². The van der Waals surface area contributed by atoms with Gasteiger partial charge in [0.15, 0.2) is 0 Å².